The largest absolute Gasteiger partial charge is 0.388 e. The van der Waals surface area contributed by atoms with Crippen molar-refractivity contribution >= 4 is 6.03 Å². The molecular formula is C14H26N2O3. The highest BCUT2D eigenvalue weighted by atomic mass is 16.5. The molecule has 0 aromatic carbocycles. The van der Waals surface area contributed by atoms with Crippen LogP contribution >= 0.6 is 0 Å². The van der Waals surface area contributed by atoms with Crippen LogP contribution in [0.15, 0.2) is 0 Å². The van der Waals surface area contributed by atoms with Crippen molar-refractivity contribution in [2.45, 2.75) is 57.1 Å². The second-order valence-electron chi connectivity index (χ2n) is 5.96. The summed E-state index contributed by atoms with van der Waals surface area (Å²) in [5.74, 6) is 0.740. The molecule has 5 nitrogen and oxygen atoms in total. The van der Waals surface area contributed by atoms with E-state index in [1.54, 1.807) is 0 Å². The van der Waals surface area contributed by atoms with Crippen molar-refractivity contribution in [2.24, 2.45) is 5.92 Å². The standard InChI is InChI=1S/C14H26N2O3/c1-2-11-3-6-14(18,7-4-11)10-15-13(17)16-12-5-8-19-9-12/h11-12,18H,2-10H2,1H3,(H2,15,16,17). The van der Waals surface area contributed by atoms with E-state index in [0.29, 0.717) is 19.8 Å². The molecule has 2 rings (SSSR count). The zero-order chi connectivity index (χ0) is 13.7. The Bertz CT molecular complexity index is 295. The number of carbonyl (C=O) groups is 1. The van der Waals surface area contributed by atoms with Crippen molar-refractivity contribution in [3.63, 3.8) is 0 Å². The van der Waals surface area contributed by atoms with Gasteiger partial charge in [0.2, 0.25) is 0 Å². The third kappa shape index (κ3) is 4.35. The molecule has 5 heteroatoms. The van der Waals surface area contributed by atoms with Gasteiger partial charge in [-0.25, -0.2) is 4.79 Å². The lowest BCUT2D eigenvalue weighted by molar-refractivity contribution is -0.00649. The van der Waals surface area contributed by atoms with Crippen LogP contribution in [-0.4, -0.2) is 42.5 Å². The Balaban J connectivity index is 1.67. The molecule has 0 bridgehead atoms. The molecule has 2 amide bonds. The molecule has 1 saturated carbocycles. The molecule has 0 radical (unpaired) electrons. The molecule has 1 heterocycles. The first kappa shape index (κ1) is 14.6. The molecule has 0 spiro atoms. The fraction of sp³-hybridized carbons (Fsp3) is 0.929. The van der Waals surface area contributed by atoms with E-state index in [0.717, 1.165) is 38.0 Å². The molecule has 2 fully saturated rings. The summed E-state index contributed by atoms with van der Waals surface area (Å²) in [7, 11) is 0. The highest BCUT2D eigenvalue weighted by Crippen LogP contribution is 2.33. The Morgan fingerprint density at radius 3 is 2.68 bits per heavy atom. The maximum Gasteiger partial charge on any atom is 0.315 e. The van der Waals surface area contributed by atoms with Gasteiger partial charge in [0, 0.05) is 13.2 Å². The van der Waals surface area contributed by atoms with Crippen molar-refractivity contribution in [1.29, 1.82) is 0 Å². The molecule has 1 atom stereocenters. The molecule has 19 heavy (non-hydrogen) atoms. The number of amides is 2. The molecule has 0 aromatic rings. The SMILES string of the molecule is CCC1CCC(O)(CNC(=O)NC2CCOC2)CC1. The average molecular weight is 270 g/mol. The van der Waals surface area contributed by atoms with Gasteiger partial charge in [-0.2, -0.15) is 0 Å². The third-order valence-electron chi connectivity index (χ3n) is 4.46. The van der Waals surface area contributed by atoms with Gasteiger partial charge in [-0.05, 0) is 38.0 Å². The van der Waals surface area contributed by atoms with Gasteiger partial charge >= 0.3 is 6.03 Å². The predicted octanol–water partition coefficient (Wildman–Crippen LogP) is 1.41. The molecule has 1 unspecified atom stereocenters. The molecule has 3 N–H and O–H groups in total. The van der Waals surface area contributed by atoms with Gasteiger partial charge in [-0.3, -0.25) is 0 Å². The fourth-order valence-electron chi connectivity index (χ4n) is 2.93. The summed E-state index contributed by atoms with van der Waals surface area (Å²) < 4.78 is 5.20. The monoisotopic (exact) mass is 270 g/mol. The molecule has 1 saturated heterocycles. The maximum atomic E-state index is 11.7. The smallest absolute Gasteiger partial charge is 0.315 e. The van der Waals surface area contributed by atoms with Crippen LogP contribution in [0.25, 0.3) is 0 Å². The minimum Gasteiger partial charge on any atom is -0.388 e. The van der Waals surface area contributed by atoms with Crippen LogP contribution in [0.5, 0.6) is 0 Å². The van der Waals surface area contributed by atoms with E-state index in [1.165, 1.54) is 6.42 Å². The normalized spacial score (nSPS) is 35.1. The molecule has 2 aliphatic rings. The quantitative estimate of drug-likeness (QED) is 0.723. The van der Waals surface area contributed by atoms with E-state index in [9.17, 15) is 9.90 Å². The van der Waals surface area contributed by atoms with Gasteiger partial charge in [0.1, 0.15) is 0 Å². The van der Waals surface area contributed by atoms with Crippen molar-refractivity contribution in [1.82, 2.24) is 10.6 Å². The van der Waals surface area contributed by atoms with Crippen LogP contribution in [0.3, 0.4) is 0 Å². The minimum atomic E-state index is -0.713. The summed E-state index contributed by atoms with van der Waals surface area (Å²) in [4.78, 5) is 11.7. The van der Waals surface area contributed by atoms with Crippen LogP contribution in [0.4, 0.5) is 4.79 Å². The van der Waals surface area contributed by atoms with Crippen LogP contribution in [0.1, 0.15) is 45.4 Å². The van der Waals surface area contributed by atoms with E-state index < -0.39 is 5.60 Å². The Morgan fingerprint density at radius 1 is 1.37 bits per heavy atom. The fourth-order valence-corrected chi connectivity index (χ4v) is 2.93. The summed E-state index contributed by atoms with van der Waals surface area (Å²) >= 11 is 0. The summed E-state index contributed by atoms with van der Waals surface area (Å²) in [5.41, 5.74) is -0.713. The number of rotatable bonds is 4. The molecule has 1 aliphatic carbocycles. The zero-order valence-corrected chi connectivity index (χ0v) is 11.8. The number of hydrogen-bond acceptors (Lipinski definition) is 3. The number of ether oxygens (including phenoxy) is 1. The van der Waals surface area contributed by atoms with Gasteiger partial charge < -0.3 is 20.5 Å². The Morgan fingerprint density at radius 2 is 2.11 bits per heavy atom. The Hall–Kier alpha value is -0.810. The number of aliphatic hydroxyl groups is 1. The highest BCUT2D eigenvalue weighted by Gasteiger charge is 2.33. The lowest BCUT2D eigenvalue weighted by Crippen LogP contribution is -2.50. The van der Waals surface area contributed by atoms with Gasteiger partial charge in [0.15, 0.2) is 0 Å². The first-order valence-electron chi connectivity index (χ1n) is 7.46. The van der Waals surface area contributed by atoms with Crippen molar-refractivity contribution in [3.05, 3.63) is 0 Å². The summed E-state index contributed by atoms with van der Waals surface area (Å²) in [6.07, 6.45) is 5.76. The molecule has 1 aliphatic heterocycles. The highest BCUT2D eigenvalue weighted by molar-refractivity contribution is 5.74. The van der Waals surface area contributed by atoms with Gasteiger partial charge in [-0.1, -0.05) is 13.3 Å². The first-order chi connectivity index (χ1) is 9.11. The lowest BCUT2D eigenvalue weighted by atomic mass is 9.78. The van der Waals surface area contributed by atoms with Crippen molar-refractivity contribution in [2.75, 3.05) is 19.8 Å². The summed E-state index contributed by atoms with van der Waals surface area (Å²) in [6.45, 7) is 3.86. The Kier molecular flexibility index (Phi) is 5.05. The van der Waals surface area contributed by atoms with Crippen LogP contribution < -0.4 is 10.6 Å². The summed E-state index contributed by atoms with van der Waals surface area (Å²) in [5, 5.41) is 16.1. The average Bonchev–Trinajstić information content (AvgIpc) is 2.90. The van der Waals surface area contributed by atoms with Gasteiger partial charge in [0.25, 0.3) is 0 Å². The van der Waals surface area contributed by atoms with Gasteiger partial charge in [0.05, 0.1) is 18.2 Å². The van der Waals surface area contributed by atoms with Crippen LogP contribution in [0.2, 0.25) is 0 Å². The topological polar surface area (TPSA) is 70.6 Å². The van der Waals surface area contributed by atoms with Crippen molar-refractivity contribution < 1.29 is 14.6 Å². The lowest BCUT2D eigenvalue weighted by Gasteiger charge is -2.35. The number of nitrogens with one attached hydrogen (secondary N) is 2. The molecular weight excluding hydrogens is 244 g/mol. The summed E-state index contributed by atoms with van der Waals surface area (Å²) in [6, 6.07) is -0.0768. The number of carbonyl (C=O) groups excluding carboxylic acids is 1. The Labute approximate surface area is 115 Å². The van der Waals surface area contributed by atoms with E-state index >= 15 is 0 Å². The van der Waals surface area contributed by atoms with E-state index in [-0.39, 0.29) is 12.1 Å². The number of urea groups is 1. The van der Waals surface area contributed by atoms with Crippen LogP contribution in [0, 0.1) is 5.92 Å². The second-order valence-corrected chi connectivity index (χ2v) is 5.96. The molecule has 110 valence electrons. The predicted molar refractivity (Wildman–Crippen MR) is 73.0 cm³/mol. The van der Waals surface area contributed by atoms with E-state index in [4.69, 9.17) is 4.74 Å². The second kappa shape index (κ2) is 6.57. The van der Waals surface area contributed by atoms with Gasteiger partial charge in [-0.15, -0.1) is 0 Å². The molecule has 0 aromatic heterocycles. The first-order valence-corrected chi connectivity index (χ1v) is 7.46. The van der Waals surface area contributed by atoms with Crippen molar-refractivity contribution in [3.8, 4) is 0 Å². The van der Waals surface area contributed by atoms with Crippen LogP contribution in [-0.2, 0) is 4.74 Å². The zero-order valence-electron chi connectivity index (χ0n) is 11.8. The third-order valence-corrected chi connectivity index (χ3v) is 4.46. The maximum absolute atomic E-state index is 11.7. The van der Waals surface area contributed by atoms with E-state index in [1.807, 2.05) is 0 Å². The minimum absolute atomic E-state index is 0.116. The van der Waals surface area contributed by atoms with E-state index in [2.05, 4.69) is 17.6 Å². The number of hydrogen-bond donors (Lipinski definition) is 3.